The van der Waals surface area contributed by atoms with Crippen LogP contribution in [0, 0.1) is 0 Å². The standard InChI is InChI=1S/C27H33NO5S/c1-26(11-3-12-26)33-25(29)28-16-14-27(15-17-28)13-10-23-18-22(8-9-24(23)32-27)21-6-4-20(5-7-21)19-34(2,30)31/h4-9,18H,3,10-17,19H2,1-2H3. The maximum absolute atomic E-state index is 12.6. The van der Waals surface area contributed by atoms with E-state index in [0.717, 1.165) is 67.4 Å². The summed E-state index contributed by atoms with van der Waals surface area (Å²) in [5.41, 5.74) is 3.69. The fraction of sp³-hybridized carbons (Fsp3) is 0.519. The van der Waals surface area contributed by atoms with Gasteiger partial charge in [-0.15, -0.1) is 0 Å². The molecule has 3 aliphatic rings. The molecule has 6 nitrogen and oxygen atoms in total. The summed E-state index contributed by atoms with van der Waals surface area (Å²) in [4.78, 5) is 14.4. The zero-order valence-electron chi connectivity index (χ0n) is 20.0. The third-order valence-corrected chi connectivity index (χ3v) is 8.49. The fourth-order valence-corrected chi connectivity index (χ4v) is 6.10. The summed E-state index contributed by atoms with van der Waals surface area (Å²) in [6, 6.07) is 14.0. The van der Waals surface area contributed by atoms with Crippen LogP contribution >= 0.6 is 0 Å². The number of fused-ring (bicyclic) bond motifs is 1. The van der Waals surface area contributed by atoms with Crippen LogP contribution in [0.4, 0.5) is 4.79 Å². The minimum atomic E-state index is -3.04. The minimum absolute atomic E-state index is 0.0574. The second-order valence-corrected chi connectivity index (χ2v) is 12.7. The lowest BCUT2D eigenvalue weighted by atomic mass is 9.82. The largest absolute Gasteiger partial charge is 0.487 e. The van der Waals surface area contributed by atoms with Crippen molar-refractivity contribution >= 4 is 15.9 Å². The van der Waals surface area contributed by atoms with Gasteiger partial charge in [-0.05, 0) is 73.4 Å². The lowest BCUT2D eigenvalue weighted by Crippen LogP contribution is -2.52. The van der Waals surface area contributed by atoms with E-state index in [0.29, 0.717) is 13.1 Å². The highest BCUT2D eigenvalue weighted by Crippen LogP contribution is 2.41. The van der Waals surface area contributed by atoms with Crippen molar-refractivity contribution in [2.24, 2.45) is 0 Å². The van der Waals surface area contributed by atoms with Crippen LogP contribution in [-0.2, 0) is 26.7 Å². The van der Waals surface area contributed by atoms with Crippen molar-refractivity contribution in [2.75, 3.05) is 19.3 Å². The number of ether oxygens (including phenoxy) is 2. The summed E-state index contributed by atoms with van der Waals surface area (Å²) in [6.07, 6.45) is 7.66. The molecule has 34 heavy (non-hydrogen) atoms. The highest BCUT2D eigenvalue weighted by molar-refractivity contribution is 7.89. The number of likely N-dealkylation sites (tertiary alicyclic amines) is 1. The SMILES string of the molecule is CC1(OC(=O)N2CCC3(CCc4cc(-c5ccc(CS(C)(=O)=O)cc5)ccc4O3)CC2)CCC1. The normalized spacial score (nSPS) is 20.7. The Hall–Kier alpha value is -2.54. The van der Waals surface area contributed by atoms with Gasteiger partial charge >= 0.3 is 6.09 Å². The van der Waals surface area contributed by atoms with Crippen LogP contribution in [0.2, 0.25) is 0 Å². The highest BCUT2D eigenvalue weighted by Gasteiger charge is 2.43. The number of sulfone groups is 1. The first-order valence-corrected chi connectivity index (χ1v) is 14.3. The Morgan fingerprint density at radius 3 is 2.29 bits per heavy atom. The third kappa shape index (κ3) is 4.95. The zero-order valence-corrected chi connectivity index (χ0v) is 20.8. The smallest absolute Gasteiger partial charge is 0.410 e. The van der Waals surface area contributed by atoms with Gasteiger partial charge in [-0.3, -0.25) is 0 Å². The van der Waals surface area contributed by atoms with E-state index in [1.807, 2.05) is 42.2 Å². The molecule has 0 bridgehead atoms. The molecule has 1 saturated carbocycles. The number of amides is 1. The molecule has 1 amide bonds. The predicted octanol–water partition coefficient (Wildman–Crippen LogP) is 5.14. The quantitative estimate of drug-likeness (QED) is 0.602. The van der Waals surface area contributed by atoms with E-state index in [1.54, 1.807) is 0 Å². The third-order valence-electron chi connectivity index (χ3n) is 7.63. The zero-order chi connectivity index (χ0) is 24.0. The Labute approximate surface area is 202 Å². The van der Waals surface area contributed by atoms with Crippen molar-refractivity contribution in [1.82, 2.24) is 4.90 Å². The Morgan fingerprint density at radius 1 is 1.00 bits per heavy atom. The van der Waals surface area contributed by atoms with Crippen LogP contribution in [0.15, 0.2) is 42.5 Å². The van der Waals surface area contributed by atoms with Crippen LogP contribution in [0.1, 0.15) is 56.6 Å². The number of benzene rings is 2. The Balaban J connectivity index is 1.22. The van der Waals surface area contributed by atoms with Gasteiger partial charge in [0, 0.05) is 32.2 Å². The van der Waals surface area contributed by atoms with Gasteiger partial charge in [-0.2, -0.15) is 0 Å². The van der Waals surface area contributed by atoms with Crippen molar-refractivity contribution in [3.8, 4) is 16.9 Å². The van der Waals surface area contributed by atoms with Gasteiger partial charge < -0.3 is 14.4 Å². The van der Waals surface area contributed by atoms with Gasteiger partial charge in [-0.25, -0.2) is 13.2 Å². The van der Waals surface area contributed by atoms with Crippen molar-refractivity contribution in [3.63, 3.8) is 0 Å². The molecule has 2 fully saturated rings. The molecule has 0 aromatic heterocycles. The molecule has 2 aromatic rings. The van der Waals surface area contributed by atoms with Crippen LogP contribution < -0.4 is 4.74 Å². The summed E-state index contributed by atoms with van der Waals surface area (Å²) in [7, 11) is -3.04. The molecular weight excluding hydrogens is 450 g/mol. The molecule has 2 aromatic carbocycles. The van der Waals surface area contributed by atoms with Gasteiger partial charge in [-0.1, -0.05) is 30.3 Å². The van der Waals surface area contributed by atoms with Crippen LogP contribution in [0.3, 0.4) is 0 Å². The van der Waals surface area contributed by atoms with E-state index in [1.165, 1.54) is 11.8 Å². The molecule has 0 N–H and O–H groups in total. The second kappa shape index (κ2) is 8.59. The average Bonchev–Trinajstić information content (AvgIpc) is 2.77. The highest BCUT2D eigenvalue weighted by atomic mass is 32.2. The Kier molecular flexibility index (Phi) is 5.87. The number of hydrogen-bond donors (Lipinski definition) is 0. The molecule has 0 atom stereocenters. The van der Waals surface area contributed by atoms with E-state index in [2.05, 4.69) is 12.1 Å². The summed E-state index contributed by atoms with van der Waals surface area (Å²) in [5, 5.41) is 0. The number of nitrogens with zero attached hydrogens (tertiary/aromatic N) is 1. The topological polar surface area (TPSA) is 72.9 Å². The Bertz CT molecular complexity index is 1180. The number of carbonyl (C=O) groups is 1. The number of rotatable bonds is 4. The molecule has 0 radical (unpaired) electrons. The maximum atomic E-state index is 12.6. The summed E-state index contributed by atoms with van der Waals surface area (Å²) in [6.45, 7) is 3.36. The van der Waals surface area contributed by atoms with E-state index in [4.69, 9.17) is 9.47 Å². The minimum Gasteiger partial charge on any atom is -0.487 e. The van der Waals surface area contributed by atoms with Crippen molar-refractivity contribution in [1.29, 1.82) is 0 Å². The summed E-state index contributed by atoms with van der Waals surface area (Å²) < 4.78 is 35.3. The fourth-order valence-electron chi connectivity index (χ4n) is 5.30. The maximum Gasteiger partial charge on any atom is 0.410 e. The number of aryl methyl sites for hydroxylation is 1. The van der Waals surface area contributed by atoms with Gasteiger partial charge in [0.1, 0.15) is 17.0 Å². The summed E-state index contributed by atoms with van der Waals surface area (Å²) in [5.74, 6) is 0.990. The van der Waals surface area contributed by atoms with Gasteiger partial charge in [0.25, 0.3) is 0 Å². The van der Waals surface area contributed by atoms with Crippen molar-refractivity contribution in [3.05, 3.63) is 53.6 Å². The molecule has 182 valence electrons. The molecule has 1 saturated heterocycles. The van der Waals surface area contributed by atoms with E-state index >= 15 is 0 Å². The van der Waals surface area contributed by atoms with Crippen molar-refractivity contribution in [2.45, 2.75) is 68.8 Å². The summed E-state index contributed by atoms with van der Waals surface area (Å²) >= 11 is 0. The monoisotopic (exact) mass is 483 g/mol. The second-order valence-electron chi connectivity index (χ2n) is 10.5. The van der Waals surface area contributed by atoms with Crippen LogP contribution in [0.5, 0.6) is 5.75 Å². The Morgan fingerprint density at radius 2 is 1.68 bits per heavy atom. The van der Waals surface area contributed by atoms with Gasteiger partial charge in [0.2, 0.25) is 0 Å². The van der Waals surface area contributed by atoms with Gasteiger partial charge in [0.15, 0.2) is 9.84 Å². The van der Waals surface area contributed by atoms with Crippen LogP contribution in [-0.4, -0.2) is 50.0 Å². The molecule has 1 aliphatic carbocycles. The van der Waals surface area contributed by atoms with Crippen LogP contribution in [0.25, 0.3) is 11.1 Å². The van der Waals surface area contributed by atoms with E-state index in [9.17, 15) is 13.2 Å². The molecule has 1 spiro atoms. The average molecular weight is 484 g/mol. The van der Waals surface area contributed by atoms with Gasteiger partial charge in [0.05, 0.1) is 5.75 Å². The lowest BCUT2D eigenvalue weighted by Gasteiger charge is -2.45. The van der Waals surface area contributed by atoms with Crippen molar-refractivity contribution < 1.29 is 22.7 Å². The number of piperidine rings is 1. The first-order chi connectivity index (χ1) is 16.1. The predicted molar refractivity (Wildman–Crippen MR) is 132 cm³/mol. The molecule has 7 heteroatoms. The number of hydrogen-bond acceptors (Lipinski definition) is 5. The lowest BCUT2D eigenvalue weighted by molar-refractivity contribution is -0.0621. The van der Waals surface area contributed by atoms with E-state index < -0.39 is 9.84 Å². The molecule has 2 heterocycles. The molecule has 5 rings (SSSR count). The molecule has 2 aliphatic heterocycles. The van der Waals surface area contributed by atoms with E-state index in [-0.39, 0.29) is 23.0 Å². The molecule has 0 unspecified atom stereocenters. The first-order valence-electron chi connectivity index (χ1n) is 12.2. The molecular formula is C27H33NO5S. The first kappa shape index (κ1) is 23.2. The number of carbonyl (C=O) groups excluding carboxylic acids is 1.